The van der Waals surface area contributed by atoms with E-state index in [0.29, 0.717) is 27.1 Å². The lowest BCUT2D eigenvalue weighted by Crippen LogP contribution is -2.44. The Labute approximate surface area is 184 Å². The molecular weight excluding hydrogens is 420 g/mol. The summed E-state index contributed by atoms with van der Waals surface area (Å²) in [6, 6.07) is 12.5. The number of amides is 1. The summed E-state index contributed by atoms with van der Waals surface area (Å²) >= 11 is 7.48. The van der Waals surface area contributed by atoms with Crippen LogP contribution in [0.1, 0.15) is 16.1 Å². The van der Waals surface area contributed by atoms with Crippen LogP contribution in [0.4, 0.5) is 11.6 Å². The van der Waals surface area contributed by atoms with Crippen LogP contribution in [-0.4, -0.2) is 47.0 Å². The van der Waals surface area contributed by atoms with Gasteiger partial charge in [-0.05, 0) is 36.4 Å². The van der Waals surface area contributed by atoms with Crippen molar-refractivity contribution in [3.63, 3.8) is 0 Å². The first-order chi connectivity index (χ1) is 14.7. The molecule has 9 heteroatoms. The second kappa shape index (κ2) is 9.88. The molecular formula is C21H21ClN6OS. The molecule has 0 radical (unpaired) electrons. The first kappa shape index (κ1) is 20.6. The molecule has 4 rings (SSSR count). The lowest BCUT2D eigenvalue weighted by atomic mass is 10.2. The van der Waals surface area contributed by atoms with E-state index >= 15 is 0 Å². The minimum absolute atomic E-state index is 0.225. The lowest BCUT2D eigenvalue weighted by Gasteiger charge is -2.27. The van der Waals surface area contributed by atoms with Crippen molar-refractivity contribution in [1.29, 1.82) is 0 Å². The van der Waals surface area contributed by atoms with Crippen molar-refractivity contribution >= 4 is 40.9 Å². The number of pyridine rings is 1. The van der Waals surface area contributed by atoms with E-state index in [-0.39, 0.29) is 5.91 Å². The Morgan fingerprint density at radius 2 is 2.00 bits per heavy atom. The molecule has 0 spiro atoms. The molecule has 7 nitrogen and oxygen atoms in total. The molecule has 2 aromatic heterocycles. The van der Waals surface area contributed by atoms with Gasteiger partial charge in [0.2, 0.25) is 5.95 Å². The highest BCUT2D eigenvalue weighted by Gasteiger charge is 2.16. The van der Waals surface area contributed by atoms with Gasteiger partial charge in [0, 0.05) is 55.0 Å². The van der Waals surface area contributed by atoms with Gasteiger partial charge in [0.05, 0.1) is 11.3 Å². The highest BCUT2D eigenvalue weighted by Crippen LogP contribution is 2.25. The van der Waals surface area contributed by atoms with Crippen LogP contribution in [0.3, 0.4) is 0 Å². The maximum atomic E-state index is 12.8. The van der Waals surface area contributed by atoms with Crippen molar-refractivity contribution in [2.45, 2.75) is 10.8 Å². The predicted molar refractivity (Wildman–Crippen MR) is 120 cm³/mol. The number of nitrogens with one attached hydrogen (secondary N) is 2. The molecule has 0 unspecified atom stereocenters. The smallest absolute Gasteiger partial charge is 0.258 e. The molecule has 1 fully saturated rings. The monoisotopic (exact) mass is 440 g/mol. The van der Waals surface area contributed by atoms with E-state index in [1.807, 2.05) is 6.07 Å². The molecule has 154 valence electrons. The number of halogens is 1. The minimum atomic E-state index is -0.225. The van der Waals surface area contributed by atoms with Gasteiger partial charge in [0.15, 0.2) is 0 Å². The largest absolute Gasteiger partial charge is 0.338 e. The van der Waals surface area contributed by atoms with Gasteiger partial charge in [-0.2, -0.15) is 0 Å². The normalized spacial score (nSPS) is 13.8. The van der Waals surface area contributed by atoms with Gasteiger partial charge < -0.3 is 15.5 Å². The van der Waals surface area contributed by atoms with Gasteiger partial charge in [0.25, 0.3) is 5.91 Å². The third kappa shape index (κ3) is 5.27. The van der Waals surface area contributed by atoms with E-state index in [9.17, 15) is 4.79 Å². The van der Waals surface area contributed by atoms with E-state index in [1.165, 1.54) is 11.8 Å². The van der Waals surface area contributed by atoms with Crippen LogP contribution in [0.15, 0.2) is 59.9 Å². The summed E-state index contributed by atoms with van der Waals surface area (Å²) in [5.74, 6) is 1.11. The average Bonchev–Trinajstić information content (AvgIpc) is 2.79. The maximum absolute atomic E-state index is 12.8. The number of hydrogen-bond acceptors (Lipinski definition) is 7. The summed E-state index contributed by atoms with van der Waals surface area (Å²) < 4.78 is 0. The van der Waals surface area contributed by atoms with Gasteiger partial charge >= 0.3 is 0 Å². The van der Waals surface area contributed by atoms with Crippen LogP contribution in [0.25, 0.3) is 0 Å². The Kier molecular flexibility index (Phi) is 6.78. The molecule has 0 aliphatic carbocycles. The minimum Gasteiger partial charge on any atom is -0.338 e. The number of carbonyl (C=O) groups excluding carboxylic acids is 1. The number of rotatable bonds is 6. The number of aromatic nitrogens is 3. The Morgan fingerprint density at radius 3 is 2.83 bits per heavy atom. The van der Waals surface area contributed by atoms with Gasteiger partial charge in [0.1, 0.15) is 5.03 Å². The van der Waals surface area contributed by atoms with Crippen molar-refractivity contribution in [2.24, 2.45) is 0 Å². The molecule has 1 amide bonds. The molecule has 1 aliphatic rings. The predicted octanol–water partition coefficient (Wildman–Crippen LogP) is 3.48. The summed E-state index contributed by atoms with van der Waals surface area (Å²) in [5.41, 5.74) is 2.05. The van der Waals surface area contributed by atoms with Gasteiger partial charge in [-0.3, -0.25) is 4.79 Å². The summed E-state index contributed by atoms with van der Waals surface area (Å²) in [4.78, 5) is 28.4. The van der Waals surface area contributed by atoms with Gasteiger partial charge in [-0.25, -0.2) is 15.0 Å². The van der Waals surface area contributed by atoms with Crippen molar-refractivity contribution < 1.29 is 4.79 Å². The van der Waals surface area contributed by atoms with Crippen LogP contribution in [0, 0.1) is 0 Å². The molecule has 2 N–H and O–H groups in total. The average molecular weight is 441 g/mol. The Balaban J connectivity index is 1.45. The number of anilines is 2. The van der Waals surface area contributed by atoms with E-state index < -0.39 is 0 Å². The highest BCUT2D eigenvalue weighted by molar-refractivity contribution is 7.98. The summed E-state index contributed by atoms with van der Waals surface area (Å²) in [5, 5.41) is 7.42. The van der Waals surface area contributed by atoms with Crippen molar-refractivity contribution in [3.05, 3.63) is 71.1 Å². The van der Waals surface area contributed by atoms with E-state index in [4.69, 9.17) is 11.6 Å². The summed E-state index contributed by atoms with van der Waals surface area (Å²) in [7, 11) is 0. The zero-order valence-corrected chi connectivity index (χ0v) is 17.8. The molecule has 0 saturated carbocycles. The van der Waals surface area contributed by atoms with Crippen molar-refractivity contribution in [2.75, 3.05) is 36.4 Å². The van der Waals surface area contributed by atoms with Crippen molar-refractivity contribution in [3.8, 4) is 0 Å². The lowest BCUT2D eigenvalue weighted by molar-refractivity contribution is 0.102. The summed E-state index contributed by atoms with van der Waals surface area (Å²) in [6.45, 7) is 3.65. The number of carbonyl (C=O) groups is 1. The molecule has 3 heterocycles. The fraction of sp³-hybridized carbons (Fsp3) is 0.238. The van der Waals surface area contributed by atoms with Gasteiger partial charge in [-0.1, -0.05) is 29.4 Å². The number of benzene rings is 1. The zero-order chi connectivity index (χ0) is 20.8. The number of thioether (sulfide) groups is 1. The first-order valence-electron chi connectivity index (χ1n) is 9.61. The number of hydrogen-bond donors (Lipinski definition) is 2. The molecule has 1 saturated heterocycles. The molecule has 30 heavy (non-hydrogen) atoms. The van der Waals surface area contributed by atoms with E-state index in [2.05, 4.69) is 30.5 Å². The quantitative estimate of drug-likeness (QED) is 0.568. The zero-order valence-electron chi connectivity index (χ0n) is 16.2. The maximum Gasteiger partial charge on any atom is 0.258 e. The van der Waals surface area contributed by atoms with E-state index in [0.717, 1.165) is 37.8 Å². The van der Waals surface area contributed by atoms with Crippen LogP contribution in [-0.2, 0) is 5.75 Å². The summed E-state index contributed by atoms with van der Waals surface area (Å²) in [6.07, 6.45) is 3.47. The number of piperazine rings is 1. The fourth-order valence-corrected chi connectivity index (χ4v) is 4.16. The van der Waals surface area contributed by atoms with Gasteiger partial charge in [-0.15, -0.1) is 0 Å². The van der Waals surface area contributed by atoms with Crippen LogP contribution in [0.5, 0.6) is 0 Å². The second-order valence-electron chi connectivity index (χ2n) is 6.69. The van der Waals surface area contributed by atoms with Crippen LogP contribution in [0.2, 0.25) is 5.02 Å². The molecule has 1 aliphatic heterocycles. The molecule has 1 aromatic carbocycles. The third-order valence-corrected chi connectivity index (χ3v) is 5.83. The fourth-order valence-electron chi connectivity index (χ4n) is 3.07. The Bertz CT molecular complexity index is 1030. The molecule has 3 aromatic rings. The number of nitrogens with zero attached hydrogens (tertiary/aromatic N) is 4. The van der Waals surface area contributed by atoms with Crippen molar-refractivity contribution in [1.82, 2.24) is 20.3 Å². The topological polar surface area (TPSA) is 83.0 Å². The Morgan fingerprint density at radius 1 is 1.13 bits per heavy atom. The third-order valence-electron chi connectivity index (χ3n) is 4.56. The standard InChI is InChI=1S/C21H21ClN6OS/c22-15-3-1-4-16(13-15)26-19(29)18-5-2-7-24-20(18)30-14-17-6-8-25-21(27-17)28-11-9-23-10-12-28/h1-8,13,23H,9-12,14H2,(H,26,29). The highest BCUT2D eigenvalue weighted by atomic mass is 35.5. The molecule has 0 bridgehead atoms. The SMILES string of the molecule is O=C(Nc1cccc(Cl)c1)c1cccnc1SCc1ccnc(N2CCNCC2)n1. The first-order valence-corrected chi connectivity index (χ1v) is 11.0. The second-order valence-corrected chi connectivity index (χ2v) is 8.09. The van der Waals surface area contributed by atoms with Crippen LogP contribution >= 0.6 is 23.4 Å². The Hall–Kier alpha value is -2.68. The van der Waals surface area contributed by atoms with Crippen LogP contribution < -0.4 is 15.5 Å². The van der Waals surface area contributed by atoms with E-state index in [1.54, 1.807) is 48.8 Å². The molecule has 0 atom stereocenters.